The van der Waals surface area contributed by atoms with E-state index in [1.165, 1.54) is 75.3 Å². The summed E-state index contributed by atoms with van der Waals surface area (Å²) in [4.78, 5) is 0.252. The van der Waals surface area contributed by atoms with Crippen molar-refractivity contribution in [1.29, 1.82) is 0 Å². The van der Waals surface area contributed by atoms with Crippen LogP contribution in [0.2, 0.25) is 0 Å². The van der Waals surface area contributed by atoms with Gasteiger partial charge in [0.25, 0.3) is 10.0 Å². The second kappa shape index (κ2) is 13.0. The zero-order chi connectivity index (χ0) is 21.0. The molecule has 1 aromatic carbocycles. The Labute approximate surface area is 180 Å². The van der Waals surface area contributed by atoms with Crippen LogP contribution in [0.1, 0.15) is 96.0 Å². The fourth-order valence-corrected chi connectivity index (χ4v) is 5.16. The van der Waals surface area contributed by atoms with Gasteiger partial charge < -0.3 is 0 Å². The summed E-state index contributed by atoms with van der Waals surface area (Å²) in [5.41, 5.74) is 2.69. The predicted octanol–water partition coefficient (Wildman–Crippen LogP) is 6.75. The number of unbranched alkanes of at least 4 members (excludes halogenated alkanes) is 9. The number of aromatic nitrogens is 2. The highest BCUT2D eigenvalue weighted by Crippen LogP contribution is 2.24. The van der Waals surface area contributed by atoms with Crippen LogP contribution in [0.4, 0.5) is 5.13 Å². The van der Waals surface area contributed by atoms with E-state index in [1.807, 2.05) is 12.1 Å². The maximum absolute atomic E-state index is 12.4. The first-order valence-corrected chi connectivity index (χ1v) is 13.3. The van der Waals surface area contributed by atoms with E-state index in [9.17, 15) is 8.42 Å². The largest absolute Gasteiger partial charge is 0.263 e. The summed E-state index contributed by atoms with van der Waals surface area (Å²) in [6.07, 6.45) is 14.6. The van der Waals surface area contributed by atoms with Gasteiger partial charge in [0.1, 0.15) is 5.51 Å². The first kappa shape index (κ1) is 23.8. The SMILES string of the molecule is CCCCCCCCCCCCC(C)c1ccc(S(=O)(=O)Nc2nncs2)cc1. The van der Waals surface area contributed by atoms with Crippen LogP contribution in [0.5, 0.6) is 0 Å². The monoisotopic (exact) mass is 437 g/mol. The topological polar surface area (TPSA) is 72.0 Å². The van der Waals surface area contributed by atoms with Crippen LogP contribution >= 0.6 is 11.3 Å². The third kappa shape index (κ3) is 8.83. The number of nitrogens with one attached hydrogen (secondary N) is 1. The van der Waals surface area contributed by atoms with Crippen LogP contribution in [0.15, 0.2) is 34.7 Å². The molecule has 0 aliphatic carbocycles. The van der Waals surface area contributed by atoms with Gasteiger partial charge in [-0.15, -0.1) is 10.2 Å². The van der Waals surface area contributed by atoms with Gasteiger partial charge in [-0.3, -0.25) is 4.72 Å². The number of hydrogen-bond donors (Lipinski definition) is 1. The Hall–Kier alpha value is -1.47. The number of anilines is 1. The third-order valence-corrected chi connectivity index (χ3v) is 7.42. The van der Waals surface area contributed by atoms with E-state index in [-0.39, 0.29) is 10.0 Å². The average molecular weight is 438 g/mol. The van der Waals surface area contributed by atoms with Gasteiger partial charge in [-0.2, -0.15) is 0 Å². The summed E-state index contributed by atoms with van der Waals surface area (Å²) in [6.45, 7) is 4.48. The van der Waals surface area contributed by atoms with E-state index in [4.69, 9.17) is 0 Å². The van der Waals surface area contributed by atoms with E-state index < -0.39 is 10.0 Å². The molecule has 1 N–H and O–H groups in total. The van der Waals surface area contributed by atoms with Crippen molar-refractivity contribution >= 4 is 26.5 Å². The molecule has 5 nitrogen and oxygen atoms in total. The van der Waals surface area contributed by atoms with Crippen molar-refractivity contribution in [3.63, 3.8) is 0 Å². The molecule has 0 amide bonds. The minimum absolute atomic E-state index is 0.252. The van der Waals surface area contributed by atoms with Crippen molar-refractivity contribution in [1.82, 2.24) is 10.2 Å². The van der Waals surface area contributed by atoms with E-state index in [0.717, 1.165) is 17.8 Å². The number of rotatable bonds is 15. The van der Waals surface area contributed by atoms with Crippen LogP contribution < -0.4 is 4.72 Å². The molecule has 2 rings (SSSR count). The molecule has 2 aromatic rings. The van der Waals surface area contributed by atoms with Crippen LogP contribution in [0.25, 0.3) is 0 Å². The molecule has 1 aromatic heterocycles. The van der Waals surface area contributed by atoms with Crippen molar-refractivity contribution in [3.8, 4) is 0 Å². The molecule has 0 saturated heterocycles. The van der Waals surface area contributed by atoms with E-state index >= 15 is 0 Å². The molecule has 1 unspecified atom stereocenters. The van der Waals surface area contributed by atoms with E-state index in [1.54, 1.807) is 12.1 Å². The van der Waals surface area contributed by atoms with Gasteiger partial charge in [-0.25, -0.2) is 8.42 Å². The van der Waals surface area contributed by atoms with E-state index in [2.05, 4.69) is 28.8 Å². The van der Waals surface area contributed by atoms with Crippen LogP contribution in [0, 0.1) is 0 Å². The molecular weight excluding hydrogens is 402 g/mol. The maximum atomic E-state index is 12.4. The van der Waals surface area contributed by atoms with Crippen molar-refractivity contribution in [2.75, 3.05) is 4.72 Å². The van der Waals surface area contributed by atoms with Gasteiger partial charge in [0, 0.05) is 0 Å². The molecule has 0 radical (unpaired) electrons. The first-order valence-electron chi connectivity index (χ1n) is 10.9. The summed E-state index contributed by atoms with van der Waals surface area (Å²) in [6, 6.07) is 7.20. The van der Waals surface area contributed by atoms with Crippen molar-refractivity contribution in [2.45, 2.75) is 95.3 Å². The molecular formula is C22H35N3O2S2. The molecule has 29 heavy (non-hydrogen) atoms. The number of benzene rings is 1. The zero-order valence-corrected chi connectivity index (χ0v) is 19.4. The summed E-state index contributed by atoms with van der Waals surface area (Å²) in [5, 5.41) is 7.65. The normalized spacial score (nSPS) is 12.8. The van der Waals surface area contributed by atoms with Crippen LogP contribution in [0.3, 0.4) is 0 Å². The minimum Gasteiger partial charge on any atom is -0.253 e. The Morgan fingerprint density at radius 1 is 0.931 bits per heavy atom. The van der Waals surface area contributed by atoms with Crippen molar-refractivity contribution in [2.24, 2.45) is 0 Å². The molecule has 0 fully saturated rings. The lowest BCUT2D eigenvalue weighted by Gasteiger charge is -2.13. The minimum atomic E-state index is -3.61. The van der Waals surface area contributed by atoms with Gasteiger partial charge in [-0.1, -0.05) is 102 Å². The molecule has 7 heteroatoms. The van der Waals surface area contributed by atoms with Gasteiger partial charge in [0.2, 0.25) is 5.13 Å². The average Bonchev–Trinajstić information content (AvgIpc) is 3.21. The Morgan fingerprint density at radius 2 is 1.52 bits per heavy atom. The van der Waals surface area contributed by atoms with Crippen LogP contribution in [-0.4, -0.2) is 18.6 Å². The summed E-state index contributed by atoms with van der Waals surface area (Å²) in [5.74, 6) is 0.442. The third-order valence-electron chi connectivity index (χ3n) is 5.33. The fraction of sp³-hybridized carbons (Fsp3) is 0.636. The summed E-state index contributed by atoms with van der Waals surface area (Å²) >= 11 is 1.16. The number of sulfonamides is 1. The molecule has 0 aliphatic heterocycles. The lowest BCUT2D eigenvalue weighted by Crippen LogP contribution is -2.12. The summed E-state index contributed by atoms with van der Waals surface area (Å²) < 4.78 is 27.2. The van der Waals surface area contributed by atoms with Crippen molar-refractivity contribution < 1.29 is 8.42 Å². The highest BCUT2D eigenvalue weighted by molar-refractivity contribution is 7.93. The summed E-state index contributed by atoms with van der Waals surface area (Å²) in [7, 11) is -3.61. The van der Waals surface area contributed by atoms with Crippen molar-refractivity contribution in [3.05, 3.63) is 35.3 Å². The number of hydrogen-bond acceptors (Lipinski definition) is 5. The van der Waals surface area contributed by atoms with Crippen LogP contribution in [-0.2, 0) is 10.0 Å². The fourth-order valence-electron chi connectivity index (χ4n) is 3.47. The molecule has 0 aliphatic rings. The van der Waals surface area contributed by atoms with Gasteiger partial charge in [-0.05, 0) is 30.0 Å². The molecule has 1 atom stereocenters. The Kier molecular flexibility index (Phi) is 10.6. The molecule has 0 spiro atoms. The molecule has 1 heterocycles. The Bertz CT molecular complexity index is 775. The van der Waals surface area contributed by atoms with Gasteiger partial charge in [0.05, 0.1) is 4.90 Å². The standard InChI is InChI=1S/C22H35N3O2S2/c1-3-4-5-6-7-8-9-10-11-12-13-19(2)20-14-16-21(17-15-20)29(26,27)25-22-24-23-18-28-22/h14-19H,3-13H2,1-2H3,(H,24,25). The number of nitrogens with zero attached hydrogens (tertiary/aromatic N) is 2. The highest BCUT2D eigenvalue weighted by Gasteiger charge is 2.16. The first-order chi connectivity index (χ1) is 14.0. The molecule has 0 saturated carbocycles. The lowest BCUT2D eigenvalue weighted by atomic mass is 9.94. The maximum Gasteiger partial charge on any atom is 0.263 e. The van der Waals surface area contributed by atoms with E-state index in [0.29, 0.717) is 5.92 Å². The predicted molar refractivity (Wildman–Crippen MR) is 122 cm³/mol. The molecule has 0 bridgehead atoms. The van der Waals surface area contributed by atoms with Gasteiger partial charge in [0.15, 0.2) is 0 Å². The second-order valence-electron chi connectivity index (χ2n) is 7.79. The Balaban J connectivity index is 1.66. The Morgan fingerprint density at radius 3 is 2.07 bits per heavy atom. The highest BCUT2D eigenvalue weighted by atomic mass is 32.2. The smallest absolute Gasteiger partial charge is 0.253 e. The quantitative estimate of drug-likeness (QED) is 0.313. The second-order valence-corrected chi connectivity index (χ2v) is 10.3. The lowest BCUT2D eigenvalue weighted by molar-refractivity contribution is 0.534. The van der Waals surface area contributed by atoms with Gasteiger partial charge >= 0.3 is 0 Å². The zero-order valence-electron chi connectivity index (χ0n) is 17.8. The molecule has 162 valence electrons.